The molecule has 0 bridgehead atoms. The van der Waals surface area contributed by atoms with Crippen LogP contribution < -0.4 is 5.73 Å². The van der Waals surface area contributed by atoms with E-state index in [0.29, 0.717) is 6.54 Å². The molecular weight excluding hydrogens is 164 g/mol. The molecule has 0 aliphatic rings. The maximum Gasteiger partial charge on any atom is 0.105 e. The van der Waals surface area contributed by atoms with Crippen LogP contribution in [0.2, 0.25) is 0 Å². The molecule has 0 aromatic carbocycles. The average Bonchev–Trinajstić information content (AvgIpc) is 2.30. The molecule has 1 aromatic rings. The van der Waals surface area contributed by atoms with Gasteiger partial charge in [-0.2, -0.15) is 0 Å². The second-order valence-corrected chi connectivity index (χ2v) is 3.46. The summed E-state index contributed by atoms with van der Waals surface area (Å²) in [5, 5.41) is 0. The molecule has 0 fully saturated rings. The van der Waals surface area contributed by atoms with Crippen LogP contribution in [0, 0.1) is 13.8 Å². The minimum Gasteiger partial charge on any atom is -0.466 e. The topological polar surface area (TPSA) is 42.4 Å². The van der Waals surface area contributed by atoms with Crippen molar-refractivity contribution in [2.45, 2.75) is 20.4 Å². The van der Waals surface area contributed by atoms with Crippen molar-refractivity contribution in [3.05, 3.63) is 23.2 Å². The largest absolute Gasteiger partial charge is 0.466 e. The third-order valence-electron chi connectivity index (χ3n) is 2.09. The molecular formula is C10H18N2O. The van der Waals surface area contributed by atoms with Crippen molar-refractivity contribution < 1.29 is 4.42 Å². The Morgan fingerprint density at radius 2 is 2.15 bits per heavy atom. The highest BCUT2D eigenvalue weighted by atomic mass is 16.3. The molecule has 0 amide bonds. The van der Waals surface area contributed by atoms with Gasteiger partial charge in [-0.15, -0.1) is 0 Å². The molecule has 0 saturated carbocycles. The predicted octanol–water partition coefficient (Wildman–Crippen LogP) is 1.29. The van der Waals surface area contributed by atoms with Crippen LogP contribution in [-0.4, -0.2) is 25.0 Å². The minimum atomic E-state index is 0.701. The Bertz CT molecular complexity index is 268. The highest BCUT2D eigenvalue weighted by Crippen LogP contribution is 2.14. The van der Waals surface area contributed by atoms with Crippen molar-refractivity contribution in [3.8, 4) is 0 Å². The van der Waals surface area contributed by atoms with Crippen molar-refractivity contribution in [1.29, 1.82) is 0 Å². The first-order valence-electron chi connectivity index (χ1n) is 4.58. The summed E-state index contributed by atoms with van der Waals surface area (Å²) in [5.41, 5.74) is 6.72. The van der Waals surface area contributed by atoms with Gasteiger partial charge in [0.05, 0.1) is 0 Å². The fraction of sp³-hybridized carbons (Fsp3) is 0.600. The number of nitrogens with two attached hydrogens (primary N) is 1. The second kappa shape index (κ2) is 4.44. The lowest BCUT2D eigenvalue weighted by molar-refractivity contribution is 0.333. The van der Waals surface area contributed by atoms with Crippen molar-refractivity contribution >= 4 is 0 Å². The summed E-state index contributed by atoms with van der Waals surface area (Å²) in [5.74, 6) is 2.00. The fourth-order valence-corrected chi connectivity index (χ4v) is 1.43. The Morgan fingerprint density at radius 3 is 2.62 bits per heavy atom. The predicted molar refractivity (Wildman–Crippen MR) is 53.6 cm³/mol. The molecule has 0 unspecified atom stereocenters. The van der Waals surface area contributed by atoms with Crippen LogP contribution in [0.5, 0.6) is 0 Å². The Labute approximate surface area is 79.5 Å². The zero-order chi connectivity index (χ0) is 9.84. The van der Waals surface area contributed by atoms with Crippen LogP contribution in [-0.2, 0) is 6.54 Å². The summed E-state index contributed by atoms with van der Waals surface area (Å²) in [6.07, 6.45) is 0. The average molecular weight is 182 g/mol. The van der Waals surface area contributed by atoms with E-state index < -0.39 is 0 Å². The lowest BCUT2D eigenvalue weighted by Crippen LogP contribution is -2.25. The molecule has 1 heterocycles. The fourth-order valence-electron chi connectivity index (χ4n) is 1.43. The number of likely N-dealkylation sites (N-methyl/N-ethyl adjacent to an activating group) is 1. The van der Waals surface area contributed by atoms with E-state index in [4.69, 9.17) is 10.2 Å². The van der Waals surface area contributed by atoms with Gasteiger partial charge in [0.1, 0.15) is 11.5 Å². The van der Waals surface area contributed by atoms with Crippen LogP contribution in [0.25, 0.3) is 0 Å². The van der Waals surface area contributed by atoms with Gasteiger partial charge in [-0.1, -0.05) is 0 Å². The summed E-state index contributed by atoms with van der Waals surface area (Å²) < 4.78 is 5.44. The Balaban J connectivity index is 2.57. The second-order valence-electron chi connectivity index (χ2n) is 3.46. The summed E-state index contributed by atoms with van der Waals surface area (Å²) in [4.78, 5) is 2.19. The van der Waals surface area contributed by atoms with E-state index in [9.17, 15) is 0 Å². The van der Waals surface area contributed by atoms with Gasteiger partial charge in [0.15, 0.2) is 0 Å². The SMILES string of the molecule is Cc1cc(CN(C)CCN)c(C)o1. The van der Waals surface area contributed by atoms with Crippen LogP contribution >= 0.6 is 0 Å². The molecule has 0 aliphatic heterocycles. The molecule has 74 valence electrons. The first-order chi connectivity index (χ1) is 6.13. The van der Waals surface area contributed by atoms with Gasteiger partial charge in [0.2, 0.25) is 0 Å². The highest BCUT2D eigenvalue weighted by Gasteiger charge is 2.06. The molecule has 0 aliphatic carbocycles. The molecule has 3 heteroatoms. The van der Waals surface area contributed by atoms with Gasteiger partial charge in [-0.3, -0.25) is 0 Å². The van der Waals surface area contributed by atoms with E-state index in [1.165, 1.54) is 5.56 Å². The van der Waals surface area contributed by atoms with Gasteiger partial charge in [-0.05, 0) is 27.0 Å². The number of nitrogens with zero attached hydrogens (tertiary/aromatic N) is 1. The maximum absolute atomic E-state index is 5.46. The number of furan rings is 1. The number of aryl methyl sites for hydroxylation is 2. The summed E-state index contributed by atoms with van der Waals surface area (Å²) in [6.45, 7) is 6.51. The Hall–Kier alpha value is -0.800. The third-order valence-corrected chi connectivity index (χ3v) is 2.09. The van der Waals surface area contributed by atoms with E-state index in [-0.39, 0.29) is 0 Å². The van der Waals surface area contributed by atoms with Gasteiger partial charge >= 0.3 is 0 Å². The van der Waals surface area contributed by atoms with Crippen molar-refractivity contribution in [2.75, 3.05) is 20.1 Å². The Morgan fingerprint density at radius 1 is 1.46 bits per heavy atom. The number of rotatable bonds is 4. The lowest BCUT2D eigenvalue weighted by atomic mass is 10.2. The summed E-state index contributed by atoms with van der Waals surface area (Å²) in [6, 6.07) is 2.09. The van der Waals surface area contributed by atoms with Crippen LogP contribution in [0.1, 0.15) is 17.1 Å². The first-order valence-corrected chi connectivity index (χ1v) is 4.58. The third kappa shape index (κ3) is 2.86. The van der Waals surface area contributed by atoms with Gasteiger partial charge in [0, 0.05) is 25.2 Å². The first kappa shape index (κ1) is 10.3. The molecule has 13 heavy (non-hydrogen) atoms. The molecule has 1 aromatic heterocycles. The maximum atomic E-state index is 5.46. The van der Waals surface area contributed by atoms with Crippen LogP contribution in [0.4, 0.5) is 0 Å². The Kier molecular flexibility index (Phi) is 3.51. The highest BCUT2D eigenvalue weighted by molar-refractivity contribution is 5.19. The standard InChI is InChI=1S/C10H18N2O/c1-8-6-10(9(2)13-8)7-12(3)5-4-11/h6H,4-5,7,11H2,1-3H3. The summed E-state index contributed by atoms with van der Waals surface area (Å²) >= 11 is 0. The number of hydrogen-bond acceptors (Lipinski definition) is 3. The van der Waals surface area contributed by atoms with E-state index >= 15 is 0 Å². The summed E-state index contributed by atoms with van der Waals surface area (Å²) in [7, 11) is 2.06. The molecule has 2 N–H and O–H groups in total. The molecule has 0 saturated heterocycles. The molecule has 1 rings (SSSR count). The zero-order valence-corrected chi connectivity index (χ0v) is 8.63. The van der Waals surface area contributed by atoms with Crippen LogP contribution in [0.3, 0.4) is 0 Å². The molecule has 3 nitrogen and oxygen atoms in total. The molecule has 0 atom stereocenters. The molecule has 0 radical (unpaired) electrons. The minimum absolute atomic E-state index is 0.701. The molecule has 0 spiro atoms. The quantitative estimate of drug-likeness (QED) is 0.763. The van der Waals surface area contributed by atoms with Crippen molar-refractivity contribution in [3.63, 3.8) is 0 Å². The van der Waals surface area contributed by atoms with Gasteiger partial charge < -0.3 is 15.1 Å². The zero-order valence-electron chi connectivity index (χ0n) is 8.63. The number of hydrogen-bond donors (Lipinski definition) is 1. The van der Waals surface area contributed by atoms with E-state index in [0.717, 1.165) is 24.6 Å². The lowest BCUT2D eigenvalue weighted by Gasteiger charge is -2.14. The van der Waals surface area contributed by atoms with E-state index in [1.54, 1.807) is 0 Å². The monoisotopic (exact) mass is 182 g/mol. The van der Waals surface area contributed by atoms with E-state index in [2.05, 4.69) is 18.0 Å². The smallest absolute Gasteiger partial charge is 0.105 e. The van der Waals surface area contributed by atoms with Crippen molar-refractivity contribution in [2.24, 2.45) is 5.73 Å². The van der Waals surface area contributed by atoms with Crippen LogP contribution in [0.15, 0.2) is 10.5 Å². The normalized spacial score (nSPS) is 11.2. The van der Waals surface area contributed by atoms with Gasteiger partial charge in [0.25, 0.3) is 0 Å². The van der Waals surface area contributed by atoms with E-state index in [1.807, 2.05) is 13.8 Å². The van der Waals surface area contributed by atoms with Crippen molar-refractivity contribution in [1.82, 2.24) is 4.90 Å². The van der Waals surface area contributed by atoms with Gasteiger partial charge in [-0.25, -0.2) is 0 Å².